The highest BCUT2D eigenvalue weighted by molar-refractivity contribution is 5.69. The van der Waals surface area contributed by atoms with Gasteiger partial charge in [-0.3, -0.25) is 4.90 Å². The van der Waals surface area contributed by atoms with Crippen LogP contribution in [0.2, 0.25) is 0 Å². The van der Waals surface area contributed by atoms with Crippen LogP contribution in [-0.4, -0.2) is 41.9 Å². The molecule has 0 aromatic rings. The van der Waals surface area contributed by atoms with E-state index in [0.29, 0.717) is 19.8 Å². The first-order valence-corrected chi connectivity index (χ1v) is 5.50. The molecule has 0 spiro atoms. The molecule has 1 heterocycles. The second-order valence-corrected chi connectivity index (χ2v) is 5.25. The molecule has 0 saturated carbocycles. The minimum absolute atomic E-state index is 0.307. The van der Waals surface area contributed by atoms with Crippen molar-refractivity contribution in [2.24, 2.45) is 0 Å². The molecule has 1 atom stereocenters. The summed E-state index contributed by atoms with van der Waals surface area (Å²) in [6.45, 7) is 12.8. The van der Waals surface area contributed by atoms with E-state index in [1.165, 1.54) is 0 Å². The van der Waals surface area contributed by atoms with E-state index in [0.717, 1.165) is 0 Å². The first-order valence-electron chi connectivity index (χ1n) is 5.50. The lowest BCUT2D eigenvalue weighted by atomic mass is 10.0. The number of morpholine rings is 1. The lowest BCUT2D eigenvalue weighted by Gasteiger charge is -2.42. The Balaban J connectivity index is 2.76. The number of carbonyl (C=O) groups excluding carboxylic acids is 1. The van der Waals surface area contributed by atoms with Crippen LogP contribution in [-0.2, 0) is 9.47 Å². The third-order valence-corrected chi connectivity index (χ3v) is 2.52. The summed E-state index contributed by atoms with van der Waals surface area (Å²) in [4.78, 5) is 13.7. The molecule has 0 aromatic carbocycles. The van der Waals surface area contributed by atoms with Gasteiger partial charge in [-0.2, -0.15) is 0 Å². The van der Waals surface area contributed by atoms with Crippen LogP contribution < -0.4 is 0 Å². The zero-order valence-corrected chi connectivity index (χ0v) is 10.6. The van der Waals surface area contributed by atoms with Crippen molar-refractivity contribution in [3.05, 3.63) is 12.7 Å². The zero-order chi connectivity index (χ0) is 12.4. The molecule has 1 saturated heterocycles. The summed E-state index contributed by atoms with van der Waals surface area (Å²) in [5.74, 6) is 0. The van der Waals surface area contributed by atoms with E-state index >= 15 is 0 Å². The van der Waals surface area contributed by atoms with Crippen LogP contribution in [0.25, 0.3) is 0 Å². The minimum Gasteiger partial charge on any atom is -0.444 e. The van der Waals surface area contributed by atoms with E-state index in [4.69, 9.17) is 9.47 Å². The molecule has 0 bridgehead atoms. The van der Waals surface area contributed by atoms with Crippen molar-refractivity contribution in [2.45, 2.75) is 38.8 Å². The van der Waals surface area contributed by atoms with Gasteiger partial charge in [-0.05, 0) is 27.7 Å². The Hall–Kier alpha value is -1.03. The molecule has 0 aliphatic carbocycles. The number of hydrogen-bond acceptors (Lipinski definition) is 3. The summed E-state index contributed by atoms with van der Waals surface area (Å²) < 4.78 is 10.7. The SMILES string of the molecule is C=CC1(C)COCCN1C(=O)OC(C)(C)C. The smallest absolute Gasteiger partial charge is 0.411 e. The maximum atomic E-state index is 12.0. The molecule has 92 valence electrons. The van der Waals surface area contributed by atoms with Crippen molar-refractivity contribution in [3.63, 3.8) is 0 Å². The average Bonchev–Trinajstić information content (AvgIpc) is 2.15. The molecular formula is C12H21NO3. The number of amides is 1. The molecule has 1 fully saturated rings. The Morgan fingerprint density at radius 3 is 2.69 bits per heavy atom. The predicted octanol–water partition coefficient (Wildman–Crippen LogP) is 2.20. The van der Waals surface area contributed by atoms with E-state index < -0.39 is 11.1 Å². The first-order chi connectivity index (χ1) is 7.28. The van der Waals surface area contributed by atoms with Gasteiger partial charge >= 0.3 is 6.09 Å². The Morgan fingerprint density at radius 1 is 1.56 bits per heavy atom. The van der Waals surface area contributed by atoms with Crippen molar-refractivity contribution < 1.29 is 14.3 Å². The van der Waals surface area contributed by atoms with Crippen LogP contribution >= 0.6 is 0 Å². The quantitative estimate of drug-likeness (QED) is 0.645. The summed E-state index contributed by atoms with van der Waals surface area (Å²) in [5.41, 5.74) is -0.946. The third kappa shape index (κ3) is 2.98. The third-order valence-electron chi connectivity index (χ3n) is 2.52. The van der Waals surface area contributed by atoms with Gasteiger partial charge in [0.2, 0.25) is 0 Å². The minimum atomic E-state index is -0.475. The number of carbonyl (C=O) groups is 1. The van der Waals surface area contributed by atoms with Gasteiger partial charge < -0.3 is 9.47 Å². The average molecular weight is 227 g/mol. The van der Waals surface area contributed by atoms with Crippen LogP contribution in [0.3, 0.4) is 0 Å². The van der Waals surface area contributed by atoms with Crippen LogP contribution in [0.4, 0.5) is 4.79 Å². The van der Waals surface area contributed by atoms with Crippen molar-refractivity contribution in [2.75, 3.05) is 19.8 Å². The number of rotatable bonds is 1. The first kappa shape index (κ1) is 13.0. The molecule has 4 heteroatoms. The van der Waals surface area contributed by atoms with E-state index in [-0.39, 0.29) is 6.09 Å². The standard InChI is InChI=1S/C12H21NO3/c1-6-12(5)9-15-8-7-13(12)10(14)16-11(2,3)4/h6H,1,7-9H2,2-5H3. The molecule has 0 N–H and O–H groups in total. The predicted molar refractivity (Wildman–Crippen MR) is 62.4 cm³/mol. The summed E-state index contributed by atoms with van der Waals surface area (Å²) in [6.07, 6.45) is 1.43. The number of ether oxygens (including phenoxy) is 2. The molecular weight excluding hydrogens is 206 g/mol. The fourth-order valence-electron chi connectivity index (χ4n) is 1.55. The molecule has 16 heavy (non-hydrogen) atoms. The molecule has 0 aromatic heterocycles. The monoisotopic (exact) mass is 227 g/mol. The van der Waals surface area contributed by atoms with Crippen molar-refractivity contribution in [1.29, 1.82) is 0 Å². The van der Waals surface area contributed by atoms with Gasteiger partial charge in [-0.25, -0.2) is 4.79 Å². The van der Waals surface area contributed by atoms with E-state index in [1.807, 2.05) is 27.7 Å². The lowest BCUT2D eigenvalue weighted by Crippen LogP contribution is -2.57. The molecule has 1 rings (SSSR count). The summed E-state index contributed by atoms with van der Waals surface area (Å²) >= 11 is 0. The second-order valence-electron chi connectivity index (χ2n) is 5.25. The number of nitrogens with zero attached hydrogens (tertiary/aromatic N) is 1. The molecule has 1 aliphatic rings. The van der Waals surface area contributed by atoms with E-state index in [1.54, 1.807) is 11.0 Å². The Bertz CT molecular complexity index is 282. The van der Waals surface area contributed by atoms with Gasteiger partial charge in [0, 0.05) is 6.54 Å². The lowest BCUT2D eigenvalue weighted by molar-refractivity contribution is -0.0513. The van der Waals surface area contributed by atoms with Crippen LogP contribution in [0.1, 0.15) is 27.7 Å². The summed E-state index contributed by atoms with van der Waals surface area (Å²) in [5, 5.41) is 0. The fraction of sp³-hybridized carbons (Fsp3) is 0.750. The highest BCUT2D eigenvalue weighted by Crippen LogP contribution is 2.23. The van der Waals surface area contributed by atoms with Crippen molar-refractivity contribution >= 4 is 6.09 Å². The van der Waals surface area contributed by atoms with Gasteiger partial charge in [-0.15, -0.1) is 6.58 Å². The van der Waals surface area contributed by atoms with E-state index in [2.05, 4.69) is 6.58 Å². The van der Waals surface area contributed by atoms with Gasteiger partial charge in [0.1, 0.15) is 5.60 Å². The summed E-state index contributed by atoms with van der Waals surface area (Å²) in [7, 11) is 0. The van der Waals surface area contributed by atoms with Gasteiger partial charge in [0.15, 0.2) is 0 Å². The van der Waals surface area contributed by atoms with Gasteiger partial charge in [-0.1, -0.05) is 6.08 Å². The van der Waals surface area contributed by atoms with Crippen LogP contribution in [0.5, 0.6) is 0 Å². The van der Waals surface area contributed by atoms with Crippen LogP contribution in [0, 0.1) is 0 Å². The van der Waals surface area contributed by atoms with Gasteiger partial charge in [0.25, 0.3) is 0 Å². The van der Waals surface area contributed by atoms with Crippen molar-refractivity contribution in [1.82, 2.24) is 4.90 Å². The Labute approximate surface area is 97.2 Å². The number of hydrogen-bond donors (Lipinski definition) is 0. The zero-order valence-electron chi connectivity index (χ0n) is 10.6. The van der Waals surface area contributed by atoms with Crippen molar-refractivity contribution in [3.8, 4) is 0 Å². The Kier molecular flexibility index (Phi) is 3.63. The molecule has 1 unspecified atom stereocenters. The van der Waals surface area contributed by atoms with Gasteiger partial charge in [0.05, 0.1) is 18.8 Å². The molecule has 4 nitrogen and oxygen atoms in total. The molecule has 1 amide bonds. The maximum absolute atomic E-state index is 12.0. The van der Waals surface area contributed by atoms with E-state index in [9.17, 15) is 4.79 Å². The second kappa shape index (κ2) is 4.45. The summed E-state index contributed by atoms with van der Waals surface area (Å²) in [6, 6.07) is 0. The topological polar surface area (TPSA) is 38.8 Å². The largest absolute Gasteiger partial charge is 0.444 e. The highest BCUT2D eigenvalue weighted by Gasteiger charge is 2.38. The fourth-order valence-corrected chi connectivity index (χ4v) is 1.55. The van der Waals surface area contributed by atoms with Crippen LogP contribution in [0.15, 0.2) is 12.7 Å². The Morgan fingerprint density at radius 2 is 2.19 bits per heavy atom. The highest BCUT2D eigenvalue weighted by atomic mass is 16.6. The maximum Gasteiger partial charge on any atom is 0.411 e. The normalized spacial score (nSPS) is 26.4. The molecule has 0 radical (unpaired) electrons. The molecule has 1 aliphatic heterocycles.